The van der Waals surface area contributed by atoms with Gasteiger partial charge in [0.1, 0.15) is 12.6 Å². The Morgan fingerprint density at radius 3 is 2.23 bits per heavy atom. The Balaban J connectivity index is 1.48. The summed E-state index contributed by atoms with van der Waals surface area (Å²) in [4.78, 5) is 35.0. The van der Waals surface area contributed by atoms with Crippen LogP contribution in [0.4, 0.5) is 4.79 Å². The lowest BCUT2D eigenvalue weighted by Gasteiger charge is -2.15. The van der Waals surface area contributed by atoms with Gasteiger partial charge in [-0.05, 0) is 28.7 Å². The summed E-state index contributed by atoms with van der Waals surface area (Å²) >= 11 is 0. The number of alkyl carbamates (subject to hydrolysis) is 1. The second kappa shape index (κ2) is 9.73. The van der Waals surface area contributed by atoms with Gasteiger partial charge in [-0.3, -0.25) is 4.79 Å². The van der Waals surface area contributed by atoms with E-state index in [0.717, 1.165) is 22.3 Å². The van der Waals surface area contributed by atoms with Crippen LogP contribution in [0.25, 0.3) is 11.1 Å². The normalized spacial score (nSPS) is 12.9. The van der Waals surface area contributed by atoms with Crippen molar-refractivity contribution in [1.82, 2.24) is 10.6 Å². The molecular weight excluding hydrogens is 384 g/mol. The summed E-state index contributed by atoms with van der Waals surface area (Å²) < 4.78 is 5.39. The molecule has 1 unspecified atom stereocenters. The molecular formula is C23H24N2O5. The van der Waals surface area contributed by atoms with Gasteiger partial charge in [0, 0.05) is 18.9 Å². The largest absolute Gasteiger partial charge is 0.480 e. The zero-order valence-corrected chi connectivity index (χ0v) is 16.5. The van der Waals surface area contributed by atoms with E-state index in [0.29, 0.717) is 0 Å². The molecule has 2 amide bonds. The summed E-state index contributed by atoms with van der Waals surface area (Å²) in [5.41, 5.74) is 4.53. The van der Waals surface area contributed by atoms with E-state index in [2.05, 4.69) is 29.3 Å². The number of carbonyl (C=O) groups excluding carboxylic acids is 2. The Bertz CT molecular complexity index is 911. The molecule has 3 rings (SSSR count). The van der Waals surface area contributed by atoms with Crippen LogP contribution in [-0.4, -0.2) is 42.3 Å². The molecule has 2 aromatic carbocycles. The molecule has 0 spiro atoms. The number of hydrogen-bond acceptors (Lipinski definition) is 4. The smallest absolute Gasteiger partial charge is 0.407 e. The number of ether oxygens (including phenoxy) is 1. The van der Waals surface area contributed by atoms with Gasteiger partial charge in [-0.1, -0.05) is 54.6 Å². The molecule has 3 N–H and O–H groups in total. The molecule has 0 fully saturated rings. The minimum Gasteiger partial charge on any atom is -0.480 e. The first-order valence-electron chi connectivity index (χ1n) is 9.73. The first-order valence-corrected chi connectivity index (χ1v) is 9.73. The van der Waals surface area contributed by atoms with Crippen molar-refractivity contribution >= 4 is 18.0 Å². The third-order valence-electron chi connectivity index (χ3n) is 5.00. The van der Waals surface area contributed by atoms with Gasteiger partial charge in [-0.15, -0.1) is 6.58 Å². The van der Waals surface area contributed by atoms with E-state index in [1.54, 1.807) is 0 Å². The monoisotopic (exact) mass is 408 g/mol. The van der Waals surface area contributed by atoms with Crippen LogP contribution < -0.4 is 10.6 Å². The standard InChI is InChI=1S/C23H24N2O5/c1-2-7-20(22(27)28)25-21(26)12-13-24-23(29)30-14-19-17-10-5-3-8-15(17)16-9-4-6-11-18(16)19/h2-6,8-11,19-20H,1,7,12-14H2,(H,24,29)(H,25,26)(H,27,28). The predicted molar refractivity (Wildman–Crippen MR) is 112 cm³/mol. The Labute approximate surface area is 174 Å². The predicted octanol–water partition coefficient (Wildman–Crippen LogP) is 3.06. The number of fused-ring (bicyclic) bond motifs is 3. The Morgan fingerprint density at radius 2 is 1.67 bits per heavy atom. The third-order valence-corrected chi connectivity index (χ3v) is 5.00. The van der Waals surface area contributed by atoms with Gasteiger partial charge >= 0.3 is 12.1 Å². The summed E-state index contributed by atoms with van der Waals surface area (Å²) in [6, 6.07) is 15.1. The molecule has 1 atom stereocenters. The molecule has 1 aliphatic rings. The Morgan fingerprint density at radius 1 is 1.07 bits per heavy atom. The molecule has 0 saturated heterocycles. The molecule has 0 bridgehead atoms. The van der Waals surface area contributed by atoms with Crippen molar-refractivity contribution in [3.8, 4) is 11.1 Å². The number of nitrogens with one attached hydrogen (secondary N) is 2. The highest BCUT2D eigenvalue weighted by molar-refractivity contribution is 5.84. The van der Waals surface area contributed by atoms with Crippen molar-refractivity contribution in [3.63, 3.8) is 0 Å². The van der Waals surface area contributed by atoms with Crippen molar-refractivity contribution in [1.29, 1.82) is 0 Å². The molecule has 0 aliphatic heterocycles. The topological polar surface area (TPSA) is 105 Å². The van der Waals surface area contributed by atoms with E-state index in [-0.39, 0.29) is 31.9 Å². The molecule has 1 aliphatic carbocycles. The minimum absolute atomic E-state index is 0.0401. The third kappa shape index (κ3) is 4.86. The average Bonchev–Trinajstić information content (AvgIpc) is 3.06. The first kappa shape index (κ1) is 21.1. The van der Waals surface area contributed by atoms with Crippen LogP contribution in [-0.2, 0) is 14.3 Å². The number of carbonyl (C=O) groups is 3. The van der Waals surface area contributed by atoms with Crippen molar-refractivity contribution in [2.45, 2.75) is 24.8 Å². The molecule has 0 aromatic heterocycles. The van der Waals surface area contributed by atoms with Gasteiger partial charge in [0.25, 0.3) is 0 Å². The number of benzene rings is 2. The fourth-order valence-corrected chi connectivity index (χ4v) is 3.58. The van der Waals surface area contributed by atoms with Crippen LogP contribution in [0.15, 0.2) is 61.2 Å². The van der Waals surface area contributed by atoms with Crippen LogP contribution in [0.3, 0.4) is 0 Å². The molecule has 0 heterocycles. The van der Waals surface area contributed by atoms with Crippen molar-refractivity contribution in [3.05, 3.63) is 72.3 Å². The van der Waals surface area contributed by atoms with E-state index < -0.39 is 24.0 Å². The number of rotatable bonds is 9. The SMILES string of the molecule is C=CCC(NC(=O)CCNC(=O)OCC1c2ccccc2-c2ccccc21)C(=O)O. The summed E-state index contributed by atoms with van der Waals surface area (Å²) in [6.07, 6.45) is 0.880. The fraction of sp³-hybridized carbons (Fsp3) is 0.261. The van der Waals surface area contributed by atoms with Crippen molar-refractivity contribution in [2.24, 2.45) is 0 Å². The lowest BCUT2D eigenvalue weighted by Crippen LogP contribution is -2.41. The van der Waals surface area contributed by atoms with E-state index in [9.17, 15) is 14.4 Å². The van der Waals surface area contributed by atoms with E-state index >= 15 is 0 Å². The van der Waals surface area contributed by atoms with Gasteiger partial charge in [0.2, 0.25) is 5.91 Å². The lowest BCUT2D eigenvalue weighted by molar-refractivity contribution is -0.141. The number of carboxylic acid groups (broad SMARTS) is 1. The number of amides is 2. The Kier molecular flexibility index (Phi) is 6.85. The maximum atomic E-state index is 12.1. The average molecular weight is 408 g/mol. The van der Waals surface area contributed by atoms with E-state index in [4.69, 9.17) is 9.84 Å². The number of hydrogen-bond donors (Lipinski definition) is 3. The quantitative estimate of drug-likeness (QED) is 0.553. The highest BCUT2D eigenvalue weighted by Crippen LogP contribution is 2.44. The van der Waals surface area contributed by atoms with Gasteiger partial charge in [-0.25, -0.2) is 9.59 Å². The second-order valence-corrected chi connectivity index (χ2v) is 6.99. The molecule has 156 valence electrons. The van der Waals surface area contributed by atoms with E-state index in [1.165, 1.54) is 6.08 Å². The molecule has 0 radical (unpaired) electrons. The second-order valence-electron chi connectivity index (χ2n) is 6.99. The summed E-state index contributed by atoms with van der Waals surface area (Å²) in [5.74, 6) is -1.64. The van der Waals surface area contributed by atoms with Crippen LogP contribution >= 0.6 is 0 Å². The molecule has 7 heteroatoms. The highest BCUT2D eigenvalue weighted by Gasteiger charge is 2.29. The van der Waals surface area contributed by atoms with Crippen LogP contribution in [0.1, 0.15) is 29.9 Å². The summed E-state index contributed by atoms with van der Waals surface area (Å²) in [5, 5.41) is 13.9. The minimum atomic E-state index is -1.13. The van der Waals surface area contributed by atoms with E-state index in [1.807, 2.05) is 36.4 Å². The zero-order chi connectivity index (χ0) is 21.5. The Hall–Kier alpha value is -3.61. The van der Waals surface area contributed by atoms with Crippen LogP contribution in [0, 0.1) is 0 Å². The van der Waals surface area contributed by atoms with Crippen molar-refractivity contribution in [2.75, 3.05) is 13.2 Å². The number of aliphatic carboxylic acids is 1. The summed E-state index contributed by atoms with van der Waals surface area (Å²) in [6.45, 7) is 3.70. The summed E-state index contributed by atoms with van der Waals surface area (Å²) in [7, 11) is 0. The molecule has 30 heavy (non-hydrogen) atoms. The van der Waals surface area contributed by atoms with Crippen molar-refractivity contribution < 1.29 is 24.2 Å². The maximum Gasteiger partial charge on any atom is 0.407 e. The van der Waals surface area contributed by atoms with Gasteiger partial charge < -0.3 is 20.5 Å². The fourth-order valence-electron chi connectivity index (χ4n) is 3.58. The lowest BCUT2D eigenvalue weighted by atomic mass is 9.98. The molecule has 7 nitrogen and oxygen atoms in total. The highest BCUT2D eigenvalue weighted by atomic mass is 16.5. The van der Waals surface area contributed by atoms with Crippen LogP contribution in [0.2, 0.25) is 0 Å². The maximum absolute atomic E-state index is 12.1. The van der Waals surface area contributed by atoms with Crippen LogP contribution in [0.5, 0.6) is 0 Å². The van der Waals surface area contributed by atoms with Gasteiger partial charge in [0.05, 0.1) is 0 Å². The first-order chi connectivity index (χ1) is 14.5. The zero-order valence-electron chi connectivity index (χ0n) is 16.5. The molecule has 2 aromatic rings. The number of carboxylic acids is 1. The molecule has 0 saturated carbocycles. The van der Waals surface area contributed by atoms with Gasteiger partial charge in [0.15, 0.2) is 0 Å². The van der Waals surface area contributed by atoms with Gasteiger partial charge in [-0.2, -0.15) is 0 Å².